The van der Waals surface area contributed by atoms with Gasteiger partial charge in [-0.1, -0.05) is 77.5 Å². The topological polar surface area (TPSA) is 20.2 Å². The van der Waals surface area contributed by atoms with Crippen molar-refractivity contribution in [1.82, 2.24) is 0 Å². The van der Waals surface area contributed by atoms with Crippen LogP contribution in [0.15, 0.2) is 47.1 Å². The second-order valence-electron chi connectivity index (χ2n) is 11.7. The van der Waals surface area contributed by atoms with E-state index in [-0.39, 0.29) is 11.5 Å². The maximum atomic E-state index is 10.2. The average molecular weight is 409 g/mol. The Hall–Kier alpha value is -1.08. The molecular formula is C29H44O. The summed E-state index contributed by atoms with van der Waals surface area (Å²) in [5.41, 5.74) is 5.27. The first-order valence-corrected chi connectivity index (χ1v) is 12.7. The molecule has 4 aliphatic carbocycles. The van der Waals surface area contributed by atoms with Crippen LogP contribution in [0.4, 0.5) is 0 Å². The molecule has 0 spiro atoms. The molecule has 0 heterocycles. The smallest absolute Gasteiger partial charge is 0.0578 e. The number of rotatable bonds is 5. The Morgan fingerprint density at radius 3 is 2.57 bits per heavy atom. The van der Waals surface area contributed by atoms with E-state index in [1.165, 1.54) is 31.3 Å². The zero-order valence-electron chi connectivity index (χ0n) is 20.2. The lowest BCUT2D eigenvalue weighted by Crippen LogP contribution is -2.41. The van der Waals surface area contributed by atoms with Gasteiger partial charge in [-0.3, -0.25) is 0 Å². The molecule has 0 radical (unpaired) electrons. The number of hydrogen-bond acceptors (Lipinski definition) is 1. The highest BCUT2D eigenvalue weighted by Crippen LogP contribution is 2.63. The summed E-state index contributed by atoms with van der Waals surface area (Å²) in [6, 6.07) is 0. The Balaban J connectivity index is 1.59. The Morgan fingerprint density at radius 2 is 1.87 bits per heavy atom. The van der Waals surface area contributed by atoms with Gasteiger partial charge in [0.2, 0.25) is 0 Å². The van der Waals surface area contributed by atoms with Crippen molar-refractivity contribution in [1.29, 1.82) is 0 Å². The lowest BCUT2D eigenvalue weighted by atomic mass is 9.54. The first-order chi connectivity index (χ1) is 14.2. The summed E-state index contributed by atoms with van der Waals surface area (Å²) in [6.45, 7) is 14.5. The molecule has 0 aromatic carbocycles. The number of aliphatic hydroxyl groups excluding tert-OH is 1. The van der Waals surface area contributed by atoms with Gasteiger partial charge in [0.25, 0.3) is 0 Å². The standard InChI is InChI=1S/C29H44O/c1-7-21(19(2)3)9-8-20(4)25-12-13-26-24-11-10-22-18-23(30)14-16-28(22,5)27(24)15-17-29(25,26)6/h8-11,15,19-21,23,25-26,30H,7,12-14,16-18H2,1-6H3/b9-8+/t20-,21+,23+,25-,26+,28+,29-/m1/s1. The summed E-state index contributed by atoms with van der Waals surface area (Å²) in [6.07, 6.45) is 20.4. The van der Waals surface area contributed by atoms with Gasteiger partial charge >= 0.3 is 0 Å². The van der Waals surface area contributed by atoms with Crippen LogP contribution in [0.25, 0.3) is 0 Å². The molecule has 1 heteroatoms. The molecule has 1 N–H and O–H groups in total. The number of hydrogen-bond donors (Lipinski definition) is 1. The summed E-state index contributed by atoms with van der Waals surface area (Å²) in [5.74, 6) is 3.56. The van der Waals surface area contributed by atoms with Crippen LogP contribution < -0.4 is 0 Å². The molecule has 2 fully saturated rings. The highest BCUT2D eigenvalue weighted by molar-refractivity contribution is 5.53. The fourth-order valence-electron chi connectivity index (χ4n) is 7.54. The minimum atomic E-state index is -0.144. The molecule has 1 nitrogen and oxygen atoms in total. The minimum absolute atomic E-state index is 0.144. The average Bonchev–Trinajstić information content (AvgIpc) is 3.06. The van der Waals surface area contributed by atoms with Crippen molar-refractivity contribution in [2.75, 3.05) is 0 Å². The maximum absolute atomic E-state index is 10.2. The van der Waals surface area contributed by atoms with Crippen LogP contribution in [0.1, 0.15) is 86.5 Å². The fourth-order valence-corrected chi connectivity index (χ4v) is 7.54. The van der Waals surface area contributed by atoms with Gasteiger partial charge in [-0.25, -0.2) is 0 Å². The molecule has 0 aliphatic heterocycles. The van der Waals surface area contributed by atoms with Gasteiger partial charge in [-0.15, -0.1) is 0 Å². The van der Waals surface area contributed by atoms with E-state index >= 15 is 0 Å². The summed E-state index contributed by atoms with van der Waals surface area (Å²) in [7, 11) is 0. The van der Waals surface area contributed by atoms with Crippen molar-refractivity contribution in [3.63, 3.8) is 0 Å². The van der Waals surface area contributed by atoms with Gasteiger partial charge in [0.15, 0.2) is 0 Å². The molecular weight excluding hydrogens is 364 g/mol. The first kappa shape index (κ1) is 22.1. The van der Waals surface area contributed by atoms with Crippen molar-refractivity contribution in [2.24, 2.45) is 40.4 Å². The SMILES string of the molecule is CC[C@@H](/C=C/[C@@H](C)[C@H]1CC[C@H]2C3=CC=C4C[C@@H](O)CC[C@]4(C)C3=CC[C@]12C)C(C)C. The highest BCUT2D eigenvalue weighted by Gasteiger charge is 2.54. The van der Waals surface area contributed by atoms with Crippen molar-refractivity contribution in [3.05, 3.63) is 47.1 Å². The van der Waals surface area contributed by atoms with Crippen LogP contribution >= 0.6 is 0 Å². The normalized spacial score (nSPS) is 40.3. The van der Waals surface area contributed by atoms with E-state index in [1.54, 1.807) is 11.1 Å². The van der Waals surface area contributed by atoms with E-state index in [0.717, 1.165) is 31.1 Å². The quantitative estimate of drug-likeness (QED) is 0.463. The van der Waals surface area contributed by atoms with Gasteiger partial charge in [-0.05, 0) is 91.1 Å². The van der Waals surface area contributed by atoms with Crippen molar-refractivity contribution >= 4 is 0 Å². The van der Waals surface area contributed by atoms with E-state index < -0.39 is 0 Å². The third-order valence-electron chi connectivity index (χ3n) is 9.67. The minimum Gasteiger partial charge on any atom is -0.393 e. The maximum Gasteiger partial charge on any atom is 0.0578 e. The van der Waals surface area contributed by atoms with Gasteiger partial charge in [-0.2, -0.15) is 0 Å². The van der Waals surface area contributed by atoms with E-state index in [0.29, 0.717) is 23.2 Å². The molecule has 0 saturated heterocycles. The molecule has 7 atom stereocenters. The summed E-state index contributed by atoms with van der Waals surface area (Å²) < 4.78 is 0. The van der Waals surface area contributed by atoms with Gasteiger partial charge < -0.3 is 5.11 Å². The largest absolute Gasteiger partial charge is 0.393 e. The number of fused-ring (bicyclic) bond motifs is 5. The lowest BCUT2D eigenvalue weighted by Gasteiger charge is -2.50. The summed E-state index contributed by atoms with van der Waals surface area (Å²) in [4.78, 5) is 0. The second-order valence-corrected chi connectivity index (χ2v) is 11.7. The van der Waals surface area contributed by atoms with Crippen LogP contribution in [-0.2, 0) is 0 Å². The molecule has 30 heavy (non-hydrogen) atoms. The molecule has 0 amide bonds. The van der Waals surface area contributed by atoms with E-state index in [9.17, 15) is 5.11 Å². The van der Waals surface area contributed by atoms with E-state index in [2.05, 4.69) is 71.9 Å². The monoisotopic (exact) mass is 408 g/mol. The highest BCUT2D eigenvalue weighted by atomic mass is 16.3. The Kier molecular flexibility index (Phi) is 5.99. The first-order valence-electron chi connectivity index (χ1n) is 12.7. The van der Waals surface area contributed by atoms with Gasteiger partial charge in [0.1, 0.15) is 0 Å². The van der Waals surface area contributed by atoms with Gasteiger partial charge in [0.05, 0.1) is 6.10 Å². The molecule has 4 aliphatic rings. The van der Waals surface area contributed by atoms with Crippen molar-refractivity contribution in [2.45, 2.75) is 92.6 Å². The predicted molar refractivity (Wildman–Crippen MR) is 128 cm³/mol. The third kappa shape index (κ3) is 3.50. The van der Waals surface area contributed by atoms with E-state index in [1.807, 2.05) is 0 Å². The van der Waals surface area contributed by atoms with Crippen LogP contribution in [-0.4, -0.2) is 11.2 Å². The Bertz CT molecular complexity index is 780. The molecule has 4 rings (SSSR count). The van der Waals surface area contributed by atoms with Crippen molar-refractivity contribution < 1.29 is 5.11 Å². The molecule has 0 aromatic heterocycles. The van der Waals surface area contributed by atoms with Crippen LogP contribution in [0, 0.1) is 40.4 Å². The molecule has 0 bridgehead atoms. The zero-order valence-corrected chi connectivity index (χ0v) is 20.2. The Labute approximate surface area is 185 Å². The fraction of sp³-hybridized carbons (Fsp3) is 0.724. The van der Waals surface area contributed by atoms with Crippen LogP contribution in [0.5, 0.6) is 0 Å². The molecule has 2 saturated carbocycles. The van der Waals surface area contributed by atoms with Crippen molar-refractivity contribution in [3.8, 4) is 0 Å². The Morgan fingerprint density at radius 1 is 1.10 bits per heavy atom. The van der Waals surface area contributed by atoms with E-state index in [4.69, 9.17) is 0 Å². The predicted octanol–water partition coefficient (Wildman–Crippen LogP) is 7.64. The second kappa shape index (κ2) is 8.12. The third-order valence-corrected chi connectivity index (χ3v) is 9.67. The van der Waals surface area contributed by atoms with Crippen LogP contribution in [0.2, 0.25) is 0 Å². The lowest BCUT2D eigenvalue weighted by molar-refractivity contribution is 0.113. The molecule has 166 valence electrons. The zero-order chi connectivity index (χ0) is 21.7. The summed E-state index contributed by atoms with van der Waals surface area (Å²) in [5, 5.41) is 10.2. The number of aliphatic hydroxyl groups is 1. The molecule has 0 aromatic rings. The number of allylic oxidation sites excluding steroid dienone is 7. The molecule has 0 unspecified atom stereocenters. The van der Waals surface area contributed by atoms with Crippen LogP contribution in [0.3, 0.4) is 0 Å². The summed E-state index contributed by atoms with van der Waals surface area (Å²) >= 11 is 0. The van der Waals surface area contributed by atoms with Gasteiger partial charge in [0, 0.05) is 5.41 Å².